The van der Waals surface area contributed by atoms with Crippen molar-refractivity contribution in [2.75, 3.05) is 32.7 Å². The number of amidine groups is 1. The van der Waals surface area contributed by atoms with Gasteiger partial charge in [-0.3, -0.25) is 15.2 Å². The highest BCUT2D eigenvalue weighted by molar-refractivity contribution is 6.07. The highest BCUT2D eigenvalue weighted by atomic mass is 16.6. The number of amides is 6. The summed E-state index contributed by atoms with van der Waals surface area (Å²) < 4.78 is 33.6. The molecule has 0 radical (unpaired) electrons. The van der Waals surface area contributed by atoms with Crippen LogP contribution in [0.4, 0.5) is 28.8 Å². The number of guanidine groups is 2. The first-order valence-electron chi connectivity index (χ1n) is 25.4. The molecule has 0 aliphatic carbocycles. The Morgan fingerprint density at radius 3 is 1.51 bits per heavy atom. The van der Waals surface area contributed by atoms with E-state index in [1.54, 1.807) is 109 Å². The Kier molecular flexibility index (Phi) is 23.7. The molecular formula is C53H88N8O12. The molecule has 0 saturated carbocycles. The molecule has 0 spiro atoms. The molecule has 2 N–H and O–H groups in total. The predicted molar refractivity (Wildman–Crippen MR) is 282 cm³/mol. The van der Waals surface area contributed by atoms with E-state index in [2.05, 4.69) is 25.6 Å². The molecule has 1 heterocycles. The van der Waals surface area contributed by atoms with E-state index in [-0.39, 0.29) is 25.0 Å². The number of nitrogens with zero attached hydrogens (tertiary/aromatic N) is 6. The molecule has 73 heavy (non-hydrogen) atoms. The number of hydrogen-bond donors (Lipinski definition) is 2. The van der Waals surface area contributed by atoms with Crippen molar-refractivity contribution < 1.29 is 57.2 Å². The van der Waals surface area contributed by atoms with Crippen LogP contribution in [-0.2, 0) is 34.8 Å². The van der Waals surface area contributed by atoms with Crippen LogP contribution in [0.2, 0.25) is 0 Å². The predicted octanol–water partition coefficient (Wildman–Crippen LogP) is 11.5. The standard InChI is InChI=1S/C53H88N8O12/c1-48(2,3)68-42(62)56-40(57-43(63)69-49(4,5)6)55-32-23-21-19-20-22-24-34-60(46(66)72-52(13,14)15)41(58-44(64)70-50(7,8)9)61(47(67)73-53(16,17)18)35-25-27-37-28-30-38(31-29-37)39-54-33-26-36-59(39)45(65)71-51(10,11)12/h28-31H,19-27,32-36H2,1-18H3,(H2,55,56,57,62,63)/b58-41+. The van der Waals surface area contributed by atoms with E-state index in [4.69, 9.17) is 28.4 Å². The minimum atomic E-state index is -1.01. The minimum Gasteiger partial charge on any atom is -0.444 e. The summed E-state index contributed by atoms with van der Waals surface area (Å²) in [7, 11) is 0. The Bertz CT molecular complexity index is 2100. The van der Waals surface area contributed by atoms with Gasteiger partial charge in [-0.15, -0.1) is 9.98 Å². The van der Waals surface area contributed by atoms with E-state index in [1.807, 2.05) is 45.0 Å². The van der Waals surface area contributed by atoms with E-state index in [1.165, 1.54) is 9.80 Å². The second-order valence-electron chi connectivity index (χ2n) is 23.8. The zero-order valence-corrected chi connectivity index (χ0v) is 47.3. The molecule has 1 aromatic rings. The summed E-state index contributed by atoms with van der Waals surface area (Å²) in [6.07, 6.45) is 0.880. The molecule has 2 rings (SSSR count). The number of nitrogens with one attached hydrogen (secondary N) is 2. The van der Waals surface area contributed by atoms with Gasteiger partial charge in [-0.05, 0) is 162 Å². The van der Waals surface area contributed by atoms with E-state index < -0.39 is 70.2 Å². The summed E-state index contributed by atoms with van der Waals surface area (Å²) in [5.74, 6) is 0.152. The molecule has 6 amide bonds. The maximum atomic E-state index is 14.2. The average molecular weight is 1030 g/mol. The van der Waals surface area contributed by atoms with Gasteiger partial charge in [0.15, 0.2) is 0 Å². The van der Waals surface area contributed by atoms with Crippen LogP contribution in [0.15, 0.2) is 39.2 Å². The number of benzene rings is 1. The summed E-state index contributed by atoms with van der Waals surface area (Å²) in [4.78, 5) is 96.9. The van der Waals surface area contributed by atoms with Crippen molar-refractivity contribution in [1.82, 2.24) is 25.3 Å². The zero-order chi connectivity index (χ0) is 55.6. The number of rotatable bonds is 14. The molecule has 0 unspecified atom stereocenters. The number of aliphatic imine (C=N–C) groups is 3. The molecule has 412 valence electrons. The smallest absolute Gasteiger partial charge is 0.437 e. The summed E-state index contributed by atoms with van der Waals surface area (Å²) in [5.41, 5.74) is -3.40. The van der Waals surface area contributed by atoms with Gasteiger partial charge >= 0.3 is 36.6 Å². The molecule has 0 saturated heterocycles. The fraction of sp³-hybridized carbons (Fsp3) is 0.717. The van der Waals surface area contributed by atoms with Crippen molar-refractivity contribution in [2.24, 2.45) is 15.0 Å². The zero-order valence-electron chi connectivity index (χ0n) is 47.3. The van der Waals surface area contributed by atoms with Gasteiger partial charge in [-0.25, -0.2) is 38.6 Å². The highest BCUT2D eigenvalue weighted by Gasteiger charge is 2.36. The SMILES string of the molecule is CC(C)(C)OC(=O)/N=C(/NCCCCCCCCN(C(=O)OC(C)(C)C)/C(=N\C(=O)OC(C)(C)C)N(CCCc1ccc(C2=NCCCN2C(=O)OC(C)(C)C)cc1)C(=O)OC(C)(C)C)NC(=O)OC(C)(C)C. The van der Waals surface area contributed by atoms with Gasteiger partial charge in [0, 0.05) is 38.3 Å². The summed E-state index contributed by atoms with van der Waals surface area (Å²) >= 11 is 0. The number of hydrogen-bond acceptors (Lipinski definition) is 13. The van der Waals surface area contributed by atoms with Crippen molar-refractivity contribution in [3.63, 3.8) is 0 Å². The maximum Gasteiger partial charge on any atom is 0.437 e. The molecule has 20 nitrogen and oxygen atoms in total. The molecule has 0 aromatic heterocycles. The number of unbranched alkanes of at least 4 members (excludes halogenated alkanes) is 5. The maximum absolute atomic E-state index is 14.2. The third kappa shape index (κ3) is 27.6. The van der Waals surface area contributed by atoms with E-state index >= 15 is 0 Å². The van der Waals surface area contributed by atoms with Crippen LogP contribution in [0.1, 0.15) is 187 Å². The van der Waals surface area contributed by atoms with Crippen LogP contribution >= 0.6 is 0 Å². The van der Waals surface area contributed by atoms with Crippen LogP contribution < -0.4 is 10.6 Å². The van der Waals surface area contributed by atoms with Crippen molar-refractivity contribution in [3.8, 4) is 0 Å². The molecule has 20 heteroatoms. The lowest BCUT2D eigenvalue weighted by molar-refractivity contribution is 0.0268. The van der Waals surface area contributed by atoms with E-state index in [0.717, 1.165) is 36.8 Å². The monoisotopic (exact) mass is 1030 g/mol. The quantitative estimate of drug-likeness (QED) is 0.0765. The van der Waals surface area contributed by atoms with Crippen LogP contribution in [0.3, 0.4) is 0 Å². The third-order valence-corrected chi connectivity index (χ3v) is 9.34. The van der Waals surface area contributed by atoms with Crippen molar-refractivity contribution in [1.29, 1.82) is 0 Å². The Morgan fingerprint density at radius 2 is 1.01 bits per heavy atom. The summed E-state index contributed by atoms with van der Waals surface area (Å²) in [5, 5.41) is 5.48. The van der Waals surface area contributed by atoms with Gasteiger partial charge in [0.2, 0.25) is 11.9 Å². The molecule has 1 aromatic carbocycles. The van der Waals surface area contributed by atoms with E-state index in [0.29, 0.717) is 57.6 Å². The number of aryl methyl sites for hydroxylation is 1. The van der Waals surface area contributed by atoms with Crippen molar-refractivity contribution >= 4 is 54.3 Å². The van der Waals surface area contributed by atoms with Crippen LogP contribution in [-0.4, -0.2) is 135 Å². The van der Waals surface area contributed by atoms with Gasteiger partial charge in [0.1, 0.15) is 39.4 Å². The molecule has 0 bridgehead atoms. The largest absolute Gasteiger partial charge is 0.444 e. The third-order valence-electron chi connectivity index (χ3n) is 9.34. The van der Waals surface area contributed by atoms with E-state index in [9.17, 15) is 28.8 Å². The van der Waals surface area contributed by atoms with Gasteiger partial charge in [0.25, 0.3) is 0 Å². The van der Waals surface area contributed by atoms with Crippen LogP contribution in [0, 0.1) is 0 Å². The fourth-order valence-corrected chi connectivity index (χ4v) is 6.62. The van der Waals surface area contributed by atoms with Gasteiger partial charge in [-0.1, -0.05) is 49.9 Å². The molecule has 1 aliphatic heterocycles. The Morgan fingerprint density at radius 1 is 0.562 bits per heavy atom. The topological polar surface area (TPSA) is 229 Å². The lowest BCUT2D eigenvalue weighted by Gasteiger charge is -2.34. The van der Waals surface area contributed by atoms with Crippen LogP contribution in [0.5, 0.6) is 0 Å². The lowest BCUT2D eigenvalue weighted by Crippen LogP contribution is -2.53. The normalized spacial score (nSPS) is 14.1. The van der Waals surface area contributed by atoms with Gasteiger partial charge in [0.05, 0.1) is 0 Å². The van der Waals surface area contributed by atoms with Crippen molar-refractivity contribution in [3.05, 3.63) is 35.4 Å². The summed E-state index contributed by atoms with van der Waals surface area (Å²) in [6.45, 7) is 32.6. The molecule has 0 fully saturated rings. The molecule has 1 aliphatic rings. The lowest BCUT2D eigenvalue weighted by atomic mass is 10.1. The Balaban J connectivity index is 2.34. The first-order chi connectivity index (χ1) is 33.4. The minimum absolute atomic E-state index is 0.0117. The number of alkyl carbamates (subject to hydrolysis) is 1. The number of carbonyl (C=O) groups excluding carboxylic acids is 6. The molecular weight excluding hydrogens is 941 g/mol. The Hall–Kier alpha value is -5.95. The van der Waals surface area contributed by atoms with Crippen LogP contribution in [0.25, 0.3) is 0 Å². The average Bonchev–Trinajstić information content (AvgIpc) is 3.18. The first kappa shape index (κ1) is 63.2. The van der Waals surface area contributed by atoms with Gasteiger partial charge in [-0.2, -0.15) is 0 Å². The molecule has 0 atom stereocenters. The number of carbonyl (C=O) groups is 6. The summed E-state index contributed by atoms with van der Waals surface area (Å²) in [6, 6.07) is 7.65. The van der Waals surface area contributed by atoms with Gasteiger partial charge < -0.3 is 33.7 Å². The first-order valence-corrected chi connectivity index (χ1v) is 25.4. The second-order valence-corrected chi connectivity index (χ2v) is 23.8. The van der Waals surface area contributed by atoms with Crippen molar-refractivity contribution in [2.45, 2.75) is 216 Å². The second kappa shape index (κ2) is 27.4. The Labute approximate surface area is 434 Å². The highest BCUT2D eigenvalue weighted by Crippen LogP contribution is 2.22. The number of ether oxygens (including phenoxy) is 6. The fourth-order valence-electron chi connectivity index (χ4n) is 6.62.